The van der Waals surface area contributed by atoms with Crippen LogP contribution in [0.1, 0.15) is 36.8 Å². The van der Waals surface area contributed by atoms with Crippen LogP contribution in [0.3, 0.4) is 0 Å². The van der Waals surface area contributed by atoms with Crippen LogP contribution in [-0.2, 0) is 22.4 Å². The van der Waals surface area contributed by atoms with E-state index in [0.717, 1.165) is 31.0 Å². The Hall–Kier alpha value is -1.39. The van der Waals surface area contributed by atoms with Gasteiger partial charge >= 0.3 is 5.97 Å². The van der Waals surface area contributed by atoms with Gasteiger partial charge in [0.2, 0.25) is 0 Å². The van der Waals surface area contributed by atoms with E-state index in [4.69, 9.17) is 10.5 Å². The average molecular weight is 304 g/mol. The number of nitrogens with one attached hydrogen (secondary N) is 1. The fourth-order valence-electron chi connectivity index (χ4n) is 3.07. The number of nitrogens with two attached hydrogens (primary N) is 1. The Morgan fingerprint density at radius 3 is 2.73 bits per heavy atom. The van der Waals surface area contributed by atoms with Crippen LogP contribution in [0.2, 0.25) is 0 Å². The van der Waals surface area contributed by atoms with Gasteiger partial charge in [0, 0.05) is 6.04 Å². The maximum Gasteiger partial charge on any atom is 0.309 e. The molecule has 1 saturated carbocycles. The lowest BCUT2D eigenvalue weighted by atomic mass is 9.86. The second-order valence-corrected chi connectivity index (χ2v) is 6.31. The molecule has 1 aliphatic carbocycles. The zero-order chi connectivity index (χ0) is 15.8. The third-order valence-corrected chi connectivity index (χ3v) is 4.48. The summed E-state index contributed by atoms with van der Waals surface area (Å²) in [6, 6.07) is 8.61. The third kappa shape index (κ3) is 5.78. The first kappa shape index (κ1) is 17.0. The summed E-state index contributed by atoms with van der Waals surface area (Å²) >= 11 is 0. The molecule has 1 aromatic carbocycles. The molecule has 2 rings (SSSR count). The number of hydrogen-bond donors (Lipinski definition) is 2. The zero-order valence-electron chi connectivity index (χ0n) is 13.5. The van der Waals surface area contributed by atoms with Crippen molar-refractivity contribution in [2.24, 2.45) is 11.7 Å². The molecule has 4 nitrogen and oxygen atoms in total. The number of ether oxygens (including phenoxy) is 1. The van der Waals surface area contributed by atoms with Gasteiger partial charge in [0.1, 0.15) is 0 Å². The third-order valence-electron chi connectivity index (χ3n) is 4.48. The molecule has 0 amide bonds. The molecule has 122 valence electrons. The Balaban J connectivity index is 1.68. The molecule has 0 bridgehead atoms. The number of carbonyl (C=O) groups excluding carboxylic acids is 1. The average Bonchev–Trinajstić information content (AvgIpc) is 2.53. The van der Waals surface area contributed by atoms with Crippen molar-refractivity contribution < 1.29 is 9.53 Å². The van der Waals surface area contributed by atoms with E-state index < -0.39 is 0 Å². The minimum atomic E-state index is -0.189. The standard InChI is InChI=1S/C18H28N2O2/c1-22-18(21)12-16-4-2-3-14(11-16)9-10-20-13-15-5-7-17(19)8-6-15/h2-4,11,15,17,20H,5-10,12-13,19H2,1H3. The summed E-state index contributed by atoms with van der Waals surface area (Å²) in [7, 11) is 1.42. The highest BCUT2D eigenvalue weighted by molar-refractivity contribution is 5.72. The Morgan fingerprint density at radius 2 is 2.00 bits per heavy atom. The van der Waals surface area contributed by atoms with E-state index in [9.17, 15) is 4.79 Å². The Kier molecular flexibility index (Phi) is 6.87. The van der Waals surface area contributed by atoms with Crippen molar-refractivity contribution in [3.05, 3.63) is 35.4 Å². The first-order valence-corrected chi connectivity index (χ1v) is 8.28. The van der Waals surface area contributed by atoms with E-state index in [1.807, 2.05) is 12.1 Å². The minimum Gasteiger partial charge on any atom is -0.469 e. The molecule has 0 radical (unpaired) electrons. The summed E-state index contributed by atoms with van der Waals surface area (Å²) in [6.07, 6.45) is 6.18. The van der Waals surface area contributed by atoms with Crippen LogP contribution >= 0.6 is 0 Å². The zero-order valence-corrected chi connectivity index (χ0v) is 13.5. The molecule has 0 spiro atoms. The van der Waals surface area contributed by atoms with Crippen molar-refractivity contribution in [1.29, 1.82) is 0 Å². The van der Waals surface area contributed by atoms with Gasteiger partial charge in [-0.15, -0.1) is 0 Å². The van der Waals surface area contributed by atoms with E-state index in [1.54, 1.807) is 0 Å². The molecule has 0 aromatic heterocycles. The smallest absolute Gasteiger partial charge is 0.309 e. The molecule has 1 aliphatic rings. The second-order valence-electron chi connectivity index (χ2n) is 6.31. The van der Waals surface area contributed by atoms with Gasteiger partial charge < -0.3 is 15.8 Å². The quantitative estimate of drug-likeness (QED) is 0.598. The van der Waals surface area contributed by atoms with Crippen molar-refractivity contribution >= 4 is 5.97 Å². The highest BCUT2D eigenvalue weighted by Crippen LogP contribution is 2.22. The van der Waals surface area contributed by atoms with E-state index in [0.29, 0.717) is 12.5 Å². The summed E-state index contributed by atoms with van der Waals surface area (Å²) in [5, 5.41) is 3.56. The summed E-state index contributed by atoms with van der Waals surface area (Å²) in [5.41, 5.74) is 8.22. The van der Waals surface area contributed by atoms with Crippen LogP contribution in [0.4, 0.5) is 0 Å². The summed E-state index contributed by atoms with van der Waals surface area (Å²) in [6.45, 7) is 2.07. The maximum atomic E-state index is 11.3. The van der Waals surface area contributed by atoms with Gasteiger partial charge in [0.25, 0.3) is 0 Å². The lowest BCUT2D eigenvalue weighted by Crippen LogP contribution is -2.32. The number of esters is 1. The molecule has 4 heteroatoms. The fourth-order valence-corrected chi connectivity index (χ4v) is 3.07. The first-order valence-electron chi connectivity index (χ1n) is 8.28. The SMILES string of the molecule is COC(=O)Cc1cccc(CCNCC2CCC(N)CC2)c1. The predicted octanol–water partition coefficient (Wildman–Crippen LogP) is 2.05. The number of rotatable bonds is 7. The lowest BCUT2D eigenvalue weighted by Gasteiger charge is -2.26. The summed E-state index contributed by atoms with van der Waals surface area (Å²) in [4.78, 5) is 11.3. The van der Waals surface area contributed by atoms with Crippen LogP contribution in [0.15, 0.2) is 24.3 Å². The first-order chi connectivity index (χ1) is 10.7. The number of methoxy groups -OCH3 is 1. The van der Waals surface area contributed by atoms with Crippen LogP contribution in [0, 0.1) is 5.92 Å². The van der Waals surface area contributed by atoms with Crippen molar-refractivity contribution in [3.8, 4) is 0 Å². The van der Waals surface area contributed by atoms with Gasteiger partial charge in [0.05, 0.1) is 13.5 Å². The van der Waals surface area contributed by atoms with Crippen LogP contribution in [0.5, 0.6) is 0 Å². The van der Waals surface area contributed by atoms with Crippen molar-refractivity contribution in [2.75, 3.05) is 20.2 Å². The molecule has 0 atom stereocenters. The van der Waals surface area contributed by atoms with Gasteiger partial charge in [-0.1, -0.05) is 24.3 Å². The van der Waals surface area contributed by atoms with Crippen molar-refractivity contribution in [3.63, 3.8) is 0 Å². The molecule has 1 fully saturated rings. The van der Waals surface area contributed by atoms with Gasteiger partial charge in [0.15, 0.2) is 0 Å². The molecular formula is C18H28N2O2. The topological polar surface area (TPSA) is 64.3 Å². The van der Waals surface area contributed by atoms with Gasteiger partial charge in [-0.3, -0.25) is 4.79 Å². The Bertz CT molecular complexity index is 468. The lowest BCUT2D eigenvalue weighted by molar-refractivity contribution is -0.139. The molecule has 3 N–H and O–H groups in total. The highest BCUT2D eigenvalue weighted by Gasteiger charge is 2.17. The van der Waals surface area contributed by atoms with Crippen molar-refractivity contribution in [2.45, 2.75) is 44.6 Å². The highest BCUT2D eigenvalue weighted by atomic mass is 16.5. The van der Waals surface area contributed by atoms with E-state index in [-0.39, 0.29) is 5.97 Å². The van der Waals surface area contributed by atoms with E-state index >= 15 is 0 Å². The monoisotopic (exact) mass is 304 g/mol. The van der Waals surface area contributed by atoms with Crippen molar-refractivity contribution in [1.82, 2.24) is 5.32 Å². The largest absolute Gasteiger partial charge is 0.469 e. The molecular weight excluding hydrogens is 276 g/mol. The van der Waals surface area contributed by atoms with Gasteiger partial charge in [-0.25, -0.2) is 0 Å². The predicted molar refractivity (Wildman–Crippen MR) is 88.7 cm³/mol. The second kappa shape index (κ2) is 8.91. The maximum absolute atomic E-state index is 11.3. The molecule has 0 aliphatic heterocycles. The van der Waals surface area contributed by atoms with Gasteiger partial charge in [-0.05, 0) is 62.2 Å². The summed E-state index contributed by atoms with van der Waals surface area (Å²) in [5.74, 6) is 0.594. The van der Waals surface area contributed by atoms with Crippen LogP contribution in [-0.4, -0.2) is 32.2 Å². The van der Waals surface area contributed by atoms with Crippen LogP contribution < -0.4 is 11.1 Å². The molecule has 1 aromatic rings. The number of hydrogen-bond acceptors (Lipinski definition) is 4. The fraction of sp³-hybridized carbons (Fsp3) is 0.611. The van der Waals surface area contributed by atoms with Gasteiger partial charge in [-0.2, -0.15) is 0 Å². The molecule has 22 heavy (non-hydrogen) atoms. The normalized spacial score (nSPS) is 21.5. The molecule has 0 saturated heterocycles. The molecule has 0 unspecified atom stereocenters. The molecule has 0 heterocycles. The minimum absolute atomic E-state index is 0.189. The Morgan fingerprint density at radius 1 is 1.27 bits per heavy atom. The summed E-state index contributed by atoms with van der Waals surface area (Å²) < 4.78 is 4.71. The van der Waals surface area contributed by atoms with E-state index in [1.165, 1.54) is 38.4 Å². The van der Waals surface area contributed by atoms with E-state index in [2.05, 4.69) is 17.4 Å². The van der Waals surface area contributed by atoms with Crippen LogP contribution in [0.25, 0.3) is 0 Å². The Labute approximate surface area is 133 Å². The number of carbonyl (C=O) groups is 1. The number of benzene rings is 1.